The minimum Gasteiger partial charge on any atom is -0.255 e. The maximum absolute atomic E-state index is 10.7. The largest absolute Gasteiger partial charge is 1.00 e. The number of fused-ring (bicyclic) bond motifs is 2. The summed E-state index contributed by atoms with van der Waals surface area (Å²) in [5.41, 5.74) is 4.41. The number of pyridine rings is 2. The first kappa shape index (κ1) is 48.1. The zero-order valence-electron chi connectivity index (χ0n) is 33.9. The van der Waals surface area contributed by atoms with Crippen molar-refractivity contribution in [3.63, 3.8) is 0 Å². The summed E-state index contributed by atoms with van der Waals surface area (Å²) in [6, 6.07) is 25.5. The van der Waals surface area contributed by atoms with Crippen LogP contribution in [-0.4, -0.2) is 30.6 Å². The molecular formula is C41H58CuF6N2OP3+2. The Labute approximate surface area is 332 Å². The fourth-order valence-corrected chi connectivity index (χ4v) is 16.9. The van der Waals surface area contributed by atoms with Crippen LogP contribution < -0.4 is 15.3 Å². The van der Waals surface area contributed by atoms with Crippen molar-refractivity contribution in [2.45, 2.75) is 123 Å². The maximum Gasteiger partial charge on any atom is 1.00 e. The van der Waals surface area contributed by atoms with Crippen molar-refractivity contribution in [2.75, 3.05) is 0 Å². The van der Waals surface area contributed by atoms with Crippen LogP contribution >= 0.6 is 23.7 Å². The van der Waals surface area contributed by atoms with E-state index in [2.05, 4.69) is 143 Å². The predicted molar refractivity (Wildman–Crippen MR) is 221 cm³/mol. The van der Waals surface area contributed by atoms with E-state index in [0.717, 1.165) is 22.9 Å². The Morgan fingerprint density at radius 2 is 0.796 bits per heavy atom. The van der Waals surface area contributed by atoms with Crippen LogP contribution in [0.1, 0.15) is 108 Å². The third-order valence-corrected chi connectivity index (χ3v) is 16.6. The third-order valence-electron chi connectivity index (χ3n) is 8.71. The van der Waals surface area contributed by atoms with E-state index in [1.165, 1.54) is 21.7 Å². The van der Waals surface area contributed by atoms with Crippen molar-refractivity contribution >= 4 is 34.3 Å². The quantitative estimate of drug-likeness (QED) is 0.117. The van der Waals surface area contributed by atoms with Crippen molar-refractivity contribution in [2.24, 2.45) is 0 Å². The fraction of sp³-hybridized carbons (Fsp3) is 0.463. The minimum absolute atomic E-state index is 0. The van der Waals surface area contributed by atoms with E-state index in [0.29, 0.717) is 0 Å². The van der Waals surface area contributed by atoms with Crippen molar-refractivity contribution in [1.82, 2.24) is 9.97 Å². The Kier molecular flexibility index (Phi) is 14.0. The van der Waals surface area contributed by atoms with E-state index in [1.54, 1.807) is 12.4 Å². The zero-order chi connectivity index (χ0) is 40.7. The summed E-state index contributed by atoms with van der Waals surface area (Å²) in [4.78, 5) is 8.37. The second-order valence-electron chi connectivity index (χ2n) is 18.2. The number of para-hydroxylation sites is 2. The van der Waals surface area contributed by atoms with Crippen LogP contribution in [0, 0.1) is 0 Å². The summed E-state index contributed by atoms with van der Waals surface area (Å²) in [5.74, 6) is 2.30. The molecule has 2 aromatic carbocycles. The number of hydrogen-bond donors (Lipinski definition) is 0. The standard InChI is InChI=1S/C31H48OP2.C10H8N2.Cu.F6P/c1-27(2,3)33(28(4,5)6)23-19-15-17-21-25(23)32-26-22(31(21,13)14)18-16-20-24(26)34(29(7,8)9)30(10,11)12;1-3-7-11-9(5-1)10-6-2-4-8-12-10;;1-7(2,3,4,5)6/h15-20H,1-14H3;1-8H;;/q;;+1;-1/p+2. The van der Waals surface area contributed by atoms with Gasteiger partial charge in [0, 0.05) is 44.8 Å². The fourth-order valence-electron chi connectivity index (χ4n) is 7.81. The van der Waals surface area contributed by atoms with Gasteiger partial charge >= 0.3 is 50.1 Å². The molecule has 0 bridgehead atoms. The third kappa shape index (κ3) is 13.5. The molecule has 13 heteroatoms. The molecule has 0 fully saturated rings. The molecule has 2 aromatic heterocycles. The van der Waals surface area contributed by atoms with Crippen LogP contribution in [0.3, 0.4) is 0 Å². The first-order valence-electron chi connectivity index (χ1n) is 17.7. The Hall–Kier alpha value is -2.07. The van der Waals surface area contributed by atoms with Crippen LogP contribution in [-0.2, 0) is 22.5 Å². The minimum atomic E-state index is -10.7. The molecule has 0 saturated heterocycles. The smallest absolute Gasteiger partial charge is 0.255 e. The molecule has 54 heavy (non-hydrogen) atoms. The number of hydrogen-bond acceptors (Lipinski definition) is 3. The molecule has 3 heterocycles. The zero-order valence-corrected chi connectivity index (χ0v) is 37.7. The Balaban J connectivity index is 0.000000410. The molecule has 0 saturated carbocycles. The van der Waals surface area contributed by atoms with Crippen LogP contribution in [0.25, 0.3) is 11.4 Å². The molecule has 0 N–H and O–H groups in total. The number of halogens is 6. The van der Waals surface area contributed by atoms with Gasteiger partial charge in [-0.3, -0.25) is 9.97 Å². The summed E-state index contributed by atoms with van der Waals surface area (Å²) >= 11 is 0. The van der Waals surface area contributed by atoms with E-state index < -0.39 is 23.7 Å². The van der Waals surface area contributed by atoms with Crippen molar-refractivity contribution < 1.29 is 47.0 Å². The Bertz CT molecular complexity index is 1710. The Morgan fingerprint density at radius 1 is 0.500 bits per heavy atom. The molecule has 4 aromatic rings. The van der Waals surface area contributed by atoms with Crippen LogP contribution in [0.15, 0.2) is 85.2 Å². The predicted octanol–water partition coefficient (Wildman–Crippen LogP) is 14.5. The van der Waals surface area contributed by atoms with E-state index in [4.69, 9.17) is 4.74 Å². The summed E-state index contributed by atoms with van der Waals surface area (Å²) < 4.78 is 66.4. The van der Waals surface area contributed by atoms with Gasteiger partial charge in [-0.25, -0.2) is 0 Å². The molecule has 0 amide bonds. The van der Waals surface area contributed by atoms with Gasteiger partial charge in [0.25, 0.3) is 0 Å². The molecule has 1 aliphatic rings. The molecule has 0 radical (unpaired) electrons. The monoisotopic (exact) mass is 864 g/mol. The molecule has 1 aliphatic heterocycles. The number of aromatic nitrogens is 2. The molecule has 304 valence electrons. The van der Waals surface area contributed by atoms with Crippen molar-refractivity contribution in [3.05, 3.63) is 96.3 Å². The molecular weight excluding hydrogens is 807 g/mol. The summed E-state index contributed by atoms with van der Waals surface area (Å²) in [5, 5.41) is 3.79. The number of rotatable bonds is 3. The van der Waals surface area contributed by atoms with Gasteiger partial charge in [-0.05, 0) is 119 Å². The summed E-state index contributed by atoms with van der Waals surface area (Å²) in [7, 11) is -12.6. The molecule has 0 atom stereocenters. The van der Waals surface area contributed by atoms with Crippen molar-refractivity contribution in [3.8, 4) is 22.9 Å². The van der Waals surface area contributed by atoms with Gasteiger partial charge in [0.1, 0.15) is 10.6 Å². The van der Waals surface area contributed by atoms with Gasteiger partial charge < -0.3 is 4.74 Å². The van der Waals surface area contributed by atoms with Gasteiger partial charge in [-0.1, -0.05) is 50.2 Å². The average Bonchev–Trinajstić information content (AvgIpc) is 2.95. The Morgan fingerprint density at radius 3 is 1.04 bits per heavy atom. The second-order valence-corrected chi connectivity index (χ2v) is 28.7. The number of nitrogens with zero attached hydrogens (tertiary/aromatic N) is 2. The summed E-state index contributed by atoms with van der Waals surface area (Å²) in [6.45, 7) is 33.8. The first-order valence-corrected chi connectivity index (χ1v) is 22.7. The molecule has 0 unspecified atom stereocenters. The van der Waals surface area contributed by atoms with E-state index in [9.17, 15) is 25.2 Å². The normalized spacial score (nSPS) is 15.4. The molecule has 3 nitrogen and oxygen atoms in total. The topological polar surface area (TPSA) is 35.0 Å². The molecule has 0 spiro atoms. The molecule has 5 rings (SSSR count). The van der Waals surface area contributed by atoms with Gasteiger partial charge in [-0.15, -0.1) is 0 Å². The van der Waals surface area contributed by atoms with Gasteiger partial charge in [0.05, 0.1) is 32.0 Å². The van der Waals surface area contributed by atoms with Gasteiger partial charge in [-0.2, -0.15) is 0 Å². The summed E-state index contributed by atoms with van der Waals surface area (Å²) in [6.07, 6.45) is 3.54. The number of ether oxygens (including phenoxy) is 1. The second kappa shape index (κ2) is 15.7. The van der Waals surface area contributed by atoms with Crippen LogP contribution in [0.5, 0.6) is 11.5 Å². The average molecular weight is 865 g/mol. The van der Waals surface area contributed by atoms with E-state index >= 15 is 0 Å². The van der Waals surface area contributed by atoms with Gasteiger partial charge in [0.2, 0.25) is 0 Å². The van der Waals surface area contributed by atoms with Gasteiger partial charge in [0.15, 0.2) is 11.5 Å². The van der Waals surface area contributed by atoms with E-state index in [1.807, 2.05) is 36.4 Å². The SMILES string of the molecule is CC1(C)c2cccc([PH+](C(C)(C)C)C(C)(C)C)c2Oc2c([PH+](C(C)(C)C)C(C)(C)C)cccc21.F[P-](F)(F)(F)(F)F.[Cu+].c1ccc(-c2ccccn2)nc1. The maximum atomic E-state index is 9.87. The van der Waals surface area contributed by atoms with Crippen LogP contribution in [0.4, 0.5) is 25.2 Å². The number of benzene rings is 2. The first-order chi connectivity index (χ1) is 23.6. The van der Waals surface area contributed by atoms with Crippen molar-refractivity contribution in [1.29, 1.82) is 0 Å². The molecule has 0 aliphatic carbocycles. The van der Waals surface area contributed by atoms with Crippen LogP contribution in [0.2, 0.25) is 0 Å². The van der Waals surface area contributed by atoms with E-state index in [-0.39, 0.29) is 43.1 Å².